The number of thiocarbonyl (C=S) groups is 1. The Hall–Kier alpha value is -2.99. The number of rotatable bonds is 8. The molecular weight excluding hydrogens is 360 g/mol. The number of para-hydroxylation sites is 1. The Kier molecular flexibility index (Phi) is 6.33. The number of anilines is 1. The van der Waals surface area contributed by atoms with Gasteiger partial charge in [0.1, 0.15) is 12.4 Å². The van der Waals surface area contributed by atoms with Crippen molar-refractivity contribution in [1.29, 1.82) is 0 Å². The van der Waals surface area contributed by atoms with E-state index in [4.69, 9.17) is 26.4 Å². The molecule has 0 aromatic heterocycles. The van der Waals surface area contributed by atoms with E-state index in [1.165, 1.54) is 0 Å². The van der Waals surface area contributed by atoms with Crippen LogP contribution < -0.4 is 24.4 Å². The first-order valence-electron chi connectivity index (χ1n) is 8.60. The molecule has 0 spiro atoms. The van der Waals surface area contributed by atoms with Crippen LogP contribution >= 0.6 is 12.2 Å². The summed E-state index contributed by atoms with van der Waals surface area (Å²) in [6, 6.07) is 13.7. The number of nitrogens with one attached hydrogen (secondary N) is 1. The first-order valence-corrected chi connectivity index (χ1v) is 9.01. The lowest BCUT2D eigenvalue weighted by Crippen LogP contribution is -2.39. The molecule has 140 valence electrons. The number of benzene rings is 2. The molecule has 0 bridgehead atoms. The van der Waals surface area contributed by atoms with Crippen LogP contribution in [0.1, 0.15) is 5.56 Å². The Bertz CT molecular complexity index is 838. The van der Waals surface area contributed by atoms with E-state index in [1.807, 2.05) is 47.4 Å². The average Bonchev–Trinajstić information content (AvgIpc) is 3.17. The van der Waals surface area contributed by atoms with E-state index in [0.29, 0.717) is 30.6 Å². The standard InChI is InChI=1S/C21H22N2O3S/c1-3-11-22-21(27)23(17-9-10-19-20(13-17)26-15-25-19)14-16-7-5-6-8-18(16)24-12-4-2/h3-10,13H,1-2,11-12,14-15H2,(H,22,27). The second-order valence-electron chi connectivity index (χ2n) is 5.81. The molecule has 1 N–H and O–H groups in total. The van der Waals surface area contributed by atoms with Gasteiger partial charge in [0.15, 0.2) is 16.6 Å². The summed E-state index contributed by atoms with van der Waals surface area (Å²) >= 11 is 5.62. The predicted molar refractivity (Wildman–Crippen MR) is 112 cm³/mol. The zero-order chi connectivity index (χ0) is 19.1. The molecule has 0 saturated heterocycles. The van der Waals surface area contributed by atoms with Gasteiger partial charge in [-0.3, -0.25) is 0 Å². The Labute approximate surface area is 164 Å². The zero-order valence-corrected chi connectivity index (χ0v) is 15.8. The zero-order valence-electron chi connectivity index (χ0n) is 15.0. The van der Waals surface area contributed by atoms with Crippen LogP contribution in [0.3, 0.4) is 0 Å². The molecular formula is C21H22N2O3S. The van der Waals surface area contributed by atoms with Crippen LogP contribution in [-0.2, 0) is 6.54 Å². The first kappa shape index (κ1) is 18.8. The van der Waals surface area contributed by atoms with Crippen LogP contribution in [0.5, 0.6) is 17.2 Å². The van der Waals surface area contributed by atoms with Crippen molar-refractivity contribution in [3.8, 4) is 17.2 Å². The summed E-state index contributed by atoms with van der Waals surface area (Å²) in [7, 11) is 0. The summed E-state index contributed by atoms with van der Waals surface area (Å²) in [5, 5.41) is 3.78. The second-order valence-corrected chi connectivity index (χ2v) is 6.19. The van der Waals surface area contributed by atoms with Crippen molar-refractivity contribution >= 4 is 23.0 Å². The number of fused-ring (bicyclic) bond motifs is 1. The molecule has 1 aliphatic rings. The van der Waals surface area contributed by atoms with Gasteiger partial charge in [-0.05, 0) is 30.4 Å². The molecule has 6 heteroatoms. The molecule has 0 aliphatic carbocycles. The van der Waals surface area contributed by atoms with Crippen LogP contribution in [-0.4, -0.2) is 25.1 Å². The van der Waals surface area contributed by atoms with Crippen molar-refractivity contribution < 1.29 is 14.2 Å². The Morgan fingerprint density at radius 1 is 1.15 bits per heavy atom. The average molecular weight is 382 g/mol. The van der Waals surface area contributed by atoms with Crippen molar-refractivity contribution in [1.82, 2.24) is 5.32 Å². The Balaban J connectivity index is 1.90. The maximum Gasteiger partial charge on any atom is 0.231 e. The van der Waals surface area contributed by atoms with Gasteiger partial charge in [-0.25, -0.2) is 0 Å². The van der Waals surface area contributed by atoms with Gasteiger partial charge in [0.05, 0.1) is 6.54 Å². The third-order valence-corrected chi connectivity index (χ3v) is 4.33. The highest BCUT2D eigenvalue weighted by molar-refractivity contribution is 7.80. The van der Waals surface area contributed by atoms with Crippen LogP contribution in [0, 0.1) is 0 Å². The molecule has 0 unspecified atom stereocenters. The summed E-state index contributed by atoms with van der Waals surface area (Å²) in [4.78, 5) is 2.00. The van der Waals surface area contributed by atoms with Gasteiger partial charge in [0.25, 0.3) is 0 Å². The lowest BCUT2D eigenvalue weighted by atomic mass is 10.1. The fraction of sp³-hybridized carbons (Fsp3) is 0.190. The van der Waals surface area contributed by atoms with Crippen molar-refractivity contribution in [3.05, 3.63) is 73.3 Å². The quantitative estimate of drug-likeness (QED) is 0.549. The molecule has 0 saturated carbocycles. The third-order valence-electron chi connectivity index (χ3n) is 3.97. The van der Waals surface area contributed by atoms with E-state index in [9.17, 15) is 0 Å². The van der Waals surface area contributed by atoms with E-state index < -0.39 is 0 Å². The maximum absolute atomic E-state index is 5.79. The Morgan fingerprint density at radius 3 is 2.78 bits per heavy atom. The van der Waals surface area contributed by atoms with Crippen molar-refractivity contribution in [2.75, 3.05) is 24.8 Å². The Morgan fingerprint density at radius 2 is 1.96 bits per heavy atom. The van der Waals surface area contributed by atoms with E-state index >= 15 is 0 Å². The highest BCUT2D eigenvalue weighted by Gasteiger charge is 2.19. The predicted octanol–water partition coefficient (Wildman–Crippen LogP) is 4.05. The monoisotopic (exact) mass is 382 g/mol. The summed E-state index contributed by atoms with van der Waals surface area (Å²) < 4.78 is 16.7. The SMILES string of the molecule is C=CCNC(=S)N(Cc1ccccc1OCC=C)c1ccc2c(c1)OCO2. The molecule has 2 aromatic rings. The molecule has 0 amide bonds. The summed E-state index contributed by atoms with van der Waals surface area (Å²) in [6.07, 6.45) is 3.49. The van der Waals surface area contributed by atoms with Crippen molar-refractivity contribution in [2.45, 2.75) is 6.54 Å². The molecule has 5 nitrogen and oxygen atoms in total. The van der Waals surface area contributed by atoms with Gasteiger partial charge in [0.2, 0.25) is 6.79 Å². The van der Waals surface area contributed by atoms with Gasteiger partial charge in [-0.2, -0.15) is 0 Å². The molecule has 0 radical (unpaired) electrons. The van der Waals surface area contributed by atoms with Gasteiger partial charge in [-0.1, -0.05) is 36.9 Å². The number of hydrogen-bond acceptors (Lipinski definition) is 4. The maximum atomic E-state index is 5.79. The van der Waals surface area contributed by atoms with Crippen molar-refractivity contribution in [2.24, 2.45) is 0 Å². The van der Waals surface area contributed by atoms with Crippen LogP contribution in [0.15, 0.2) is 67.8 Å². The minimum atomic E-state index is 0.232. The summed E-state index contributed by atoms with van der Waals surface area (Å²) in [5.74, 6) is 2.24. The summed E-state index contributed by atoms with van der Waals surface area (Å²) in [6.45, 7) is 9.24. The molecule has 0 fully saturated rings. The lowest BCUT2D eigenvalue weighted by Gasteiger charge is -2.27. The lowest BCUT2D eigenvalue weighted by molar-refractivity contribution is 0.174. The number of hydrogen-bond donors (Lipinski definition) is 1. The molecule has 0 atom stereocenters. The normalized spacial score (nSPS) is 11.6. The van der Waals surface area contributed by atoms with Gasteiger partial charge < -0.3 is 24.4 Å². The molecule has 3 rings (SSSR count). The number of nitrogens with zero attached hydrogens (tertiary/aromatic N) is 1. The topological polar surface area (TPSA) is 43.0 Å². The van der Waals surface area contributed by atoms with Gasteiger partial charge in [-0.15, -0.1) is 6.58 Å². The van der Waals surface area contributed by atoms with Gasteiger partial charge >= 0.3 is 0 Å². The van der Waals surface area contributed by atoms with E-state index in [1.54, 1.807) is 12.2 Å². The third kappa shape index (κ3) is 4.60. The van der Waals surface area contributed by atoms with Crippen LogP contribution in [0.4, 0.5) is 5.69 Å². The fourth-order valence-electron chi connectivity index (χ4n) is 2.68. The van der Waals surface area contributed by atoms with Crippen LogP contribution in [0.25, 0.3) is 0 Å². The van der Waals surface area contributed by atoms with E-state index in [0.717, 1.165) is 22.7 Å². The minimum Gasteiger partial charge on any atom is -0.489 e. The first-order chi connectivity index (χ1) is 13.2. The van der Waals surface area contributed by atoms with Crippen LogP contribution in [0.2, 0.25) is 0 Å². The smallest absolute Gasteiger partial charge is 0.231 e. The van der Waals surface area contributed by atoms with E-state index in [2.05, 4.69) is 18.5 Å². The van der Waals surface area contributed by atoms with Crippen molar-refractivity contribution in [3.63, 3.8) is 0 Å². The minimum absolute atomic E-state index is 0.232. The van der Waals surface area contributed by atoms with E-state index in [-0.39, 0.29) is 6.79 Å². The van der Waals surface area contributed by atoms with Gasteiger partial charge in [0, 0.05) is 23.9 Å². The fourth-order valence-corrected chi connectivity index (χ4v) is 2.94. The highest BCUT2D eigenvalue weighted by Crippen LogP contribution is 2.36. The summed E-state index contributed by atoms with van der Waals surface area (Å²) in [5.41, 5.74) is 1.92. The number of ether oxygens (including phenoxy) is 3. The molecule has 27 heavy (non-hydrogen) atoms. The molecule has 1 aliphatic heterocycles. The molecule has 2 aromatic carbocycles. The molecule has 1 heterocycles. The largest absolute Gasteiger partial charge is 0.489 e. The second kappa shape index (κ2) is 9.09. The highest BCUT2D eigenvalue weighted by atomic mass is 32.1.